The van der Waals surface area contributed by atoms with Crippen LogP contribution in [0.2, 0.25) is 0 Å². The third-order valence-electron chi connectivity index (χ3n) is 8.52. The highest BCUT2D eigenvalue weighted by Gasteiger charge is 2.47. The highest BCUT2D eigenvalue weighted by Crippen LogP contribution is 2.56. The summed E-state index contributed by atoms with van der Waals surface area (Å²) in [6.45, 7) is 16.4. The Kier molecular flexibility index (Phi) is 4.44. The van der Waals surface area contributed by atoms with Crippen molar-refractivity contribution in [3.63, 3.8) is 0 Å². The lowest BCUT2D eigenvalue weighted by atomic mass is 9.54. The van der Waals surface area contributed by atoms with Gasteiger partial charge in [0.25, 0.3) is 0 Å². The Morgan fingerprint density at radius 2 is 1.28 bits per heavy atom. The third kappa shape index (κ3) is 2.73. The molecule has 1 aromatic heterocycles. The molecule has 0 fully saturated rings. The van der Waals surface area contributed by atoms with Crippen molar-refractivity contribution in [2.75, 3.05) is 0 Å². The summed E-state index contributed by atoms with van der Waals surface area (Å²) < 4.78 is 2.28. The molecule has 1 aliphatic rings. The Labute approximate surface area is 192 Å². The Morgan fingerprint density at radius 3 is 1.97 bits per heavy atom. The number of aromatic nitrogens is 1. The second-order valence-corrected chi connectivity index (χ2v) is 10.8. The van der Waals surface area contributed by atoms with E-state index in [1.165, 1.54) is 61.0 Å². The number of nitrogens with zero attached hydrogens (tertiary/aromatic N) is 1. The summed E-state index contributed by atoms with van der Waals surface area (Å²) in [6, 6.07) is 20.7. The highest BCUT2D eigenvalue weighted by atomic mass is 14.9. The van der Waals surface area contributed by atoms with Gasteiger partial charge in [-0.25, -0.2) is 4.57 Å². The van der Waals surface area contributed by atoms with E-state index in [0.29, 0.717) is 0 Å². The van der Waals surface area contributed by atoms with Gasteiger partial charge in [0.15, 0.2) is 6.20 Å². The van der Waals surface area contributed by atoms with Crippen LogP contribution in [-0.2, 0) is 17.9 Å². The van der Waals surface area contributed by atoms with E-state index in [-0.39, 0.29) is 10.8 Å². The summed E-state index contributed by atoms with van der Waals surface area (Å²) in [5, 5.41) is 2.64. The molecule has 0 aliphatic heterocycles. The number of aryl methyl sites for hydroxylation is 3. The van der Waals surface area contributed by atoms with Gasteiger partial charge in [0.1, 0.15) is 7.05 Å². The zero-order valence-corrected chi connectivity index (χ0v) is 20.7. The predicted molar refractivity (Wildman–Crippen MR) is 136 cm³/mol. The molecule has 32 heavy (non-hydrogen) atoms. The average Bonchev–Trinajstić information content (AvgIpc) is 2.74. The van der Waals surface area contributed by atoms with Crippen LogP contribution >= 0.6 is 0 Å². The Hall–Kier alpha value is -2.93. The van der Waals surface area contributed by atoms with Gasteiger partial charge in [0, 0.05) is 17.2 Å². The van der Waals surface area contributed by atoms with E-state index in [1.54, 1.807) is 0 Å². The maximum Gasteiger partial charge on any atom is 0.212 e. The van der Waals surface area contributed by atoms with Gasteiger partial charge in [-0.1, -0.05) is 58.0 Å². The summed E-state index contributed by atoms with van der Waals surface area (Å²) >= 11 is 0. The summed E-state index contributed by atoms with van der Waals surface area (Å²) in [4.78, 5) is 0. The van der Waals surface area contributed by atoms with Gasteiger partial charge >= 0.3 is 0 Å². The predicted octanol–water partition coefficient (Wildman–Crippen LogP) is 7.49. The van der Waals surface area contributed by atoms with Gasteiger partial charge in [-0.05, 0) is 94.0 Å². The third-order valence-corrected chi connectivity index (χ3v) is 8.52. The quantitative estimate of drug-likeness (QED) is 0.281. The van der Waals surface area contributed by atoms with Crippen molar-refractivity contribution in [1.82, 2.24) is 0 Å². The van der Waals surface area contributed by atoms with Crippen LogP contribution in [0, 0.1) is 20.8 Å². The molecule has 0 unspecified atom stereocenters. The van der Waals surface area contributed by atoms with E-state index in [2.05, 4.69) is 121 Å². The molecule has 1 aliphatic carbocycles. The number of hydrogen-bond acceptors (Lipinski definition) is 0. The number of rotatable bonds is 1. The fraction of sp³-hybridized carbons (Fsp3) is 0.323. The second-order valence-electron chi connectivity index (χ2n) is 10.8. The normalized spacial score (nSPS) is 16.0. The lowest BCUT2D eigenvalue weighted by Gasteiger charge is -2.49. The fourth-order valence-corrected chi connectivity index (χ4v) is 5.80. The molecular weight excluding hydrogens is 386 g/mol. The SMILES string of the molecule is Cc1cc(-c2ccc3c(c2C)C(C)(C)C(C)(C)c2cc4ccccc4cc2-3)[n+](C)cc1C. The lowest BCUT2D eigenvalue weighted by Crippen LogP contribution is -2.44. The van der Waals surface area contributed by atoms with Crippen LogP contribution in [0.15, 0.2) is 60.8 Å². The molecule has 0 radical (unpaired) electrons. The van der Waals surface area contributed by atoms with Crippen LogP contribution in [0.4, 0.5) is 0 Å². The first-order valence-electron chi connectivity index (χ1n) is 11.7. The van der Waals surface area contributed by atoms with E-state index in [1.807, 2.05) is 0 Å². The van der Waals surface area contributed by atoms with Crippen LogP contribution in [0.5, 0.6) is 0 Å². The number of hydrogen-bond donors (Lipinski definition) is 0. The van der Waals surface area contributed by atoms with Crippen LogP contribution < -0.4 is 4.57 Å². The zero-order chi connectivity index (χ0) is 23.0. The van der Waals surface area contributed by atoms with E-state index < -0.39 is 0 Å². The molecule has 0 bridgehead atoms. The van der Waals surface area contributed by atoms with Gasteiger partial charge in [-0.2, -0.15) is 0 Å². The molecular formula is C31H34N+. The molecule has 0 saturated carbocycles. The van der Waals surface area contributed by atoms with E-state index in [9.17, 15) is 0 Å². The van der Waals surface area contributed by atoms with Crippen molar-refractivity contribution in [2.24, 2.45) is 7.05 Å². The van der Waals surface area contributed by atoms with Crippen molar-refractivity contribution in [3.05, 3.63) is 88.6 Å². The molecule has 1 nitrogen and oxygen atoms in total. The first-order valence-corrected chi connectivity index (χ1v) is 11.7. The minimum atomic E-state index is -0.00377. The monoisotopic (exact) mass is 420 g/mol. The standard InChI is InChI=1S/C31H34N/c1-19-15-28(32(8)18-20(19)2)24-13-14-25-26-16-22-11-9-10-12-23(22)17-27(26)30(4,5)31(6,7)29(25)21(24)3/h9-18H,1-8H3/q+1. The molecule has 0 amide bonds. The zero-order valence-electron chi connectivity index (χ0n) is 20.7. The van der Waals surface area contributed by atoms with E-state index in [4.69, 9.17) is 0 Å². The maximum absolute atomic E-state index is 2.43. The fourth-order valence-electron chi connectivity index (χ4n) is 5.80. The smallest absolute Gasteiger partial charge is 0.201 e. The summed E-state index contributed by atoms with van der Waals surface area (Å²) in [7, 11) is 2.16. The van der Waals surface area contributed by atoms with Gasteiger partial charge in [-0.15, -0.1) is 0 Å². The van der Waals surface area contributed by atoms with Crippen molar-refractivity contribution in [1.29, 1.82) is 0 Å². The van der Waals surface area contributed by atoms with Crippen molar-refractivity contribution in [2.45, 2.75) is 59.3 Å². The first kappa shape index (κ1) is 20.9. The molecule has 1 heterocycles. The minimum absolute atomic E-state index is 0.00377. The molecule has 5 rings (SSSR count). The lowest BCUT2D eigenvalue weighted by molar-refractivity contribution is -0.660. The molecule has 0 atom stereocenters. The summed E-state index contributed by atoms with van der Waals surface area (Å²) in [5.74, 6) is 0. The Balaban J connectivity index is 1.86. The minimum Gasteiger partial charge on any atom is -0.201 e. The van der Waals surface area contributed by atoms with Crippen LogP contribution in [0.3, 0.4) is 0 Å². The van der Waals surface area contributed by atoms with Crippen molar-refractivity contribution in [3.8, 4) is 22.4 Å². The summed E-state index contributed by atoms with van der Waals surface area (Å²) in [6.07, 6.45) is 2.25. The molecule has 1 heteroatoms. The average molecular weight is 421 g/mol. The van der Waals surface area contributed by atoms with Gasteiger partial charge in [0.05, 0.1) is 0 Å². The van der Waals surface area contributed by atoms with Gasteiger partial charge in [-0.3, -0.25) is 0 Å². The van der Waals surface area contributed by atoms with Gasteiger partial charge < -0.3 is 0 Å². The highest BCUT2D eigenvalue weighted by molar-refractivity contribution is 5.93. The van der Waals surface area contributed by atoms with Crippen molar-refractivity contribution < 1.29 is 4.57 Å². The molecule has 3 aromatic carbocycles. The van der Waals surface area contributed by atoms with Crippen LogP contribution in [-0.4, -0.2) is 0 Å². The number of fused-ring (bicyclic) bond motifs is 4. The van der Waals surface area contributed by atoms with E-state index >= 15 is 0 Å². The van der Waals surface area contributed by atoms with Crippen LogP contribution in [0.25, 0.3) is 33.2 Å². The molecule has 0 saturated heterocycles. The number of benzene rings is 3. The maximum atomic E-state index is 2.43. The largest absolute Gasteiger partial charge is 0.212 e. The van der Waals surface area contributed by atoms with Crippen LogP contribution in [0.1, 0.15) is 55.5 Å². The topological polar surface area (TPSA) is 3.88 Å². The Bertz CT molecular complexity index is 1400. The van der Waals surface area contributed by atoms with Gasteiger partial charge in [0.2, 0.25) is 5.69 Å². The second kappa shape index (κ2) is 6.78. The first-order chi connectivity index (χ1) is 15.0. The molecule has 162 valence electrons. The number of pyridine rings is 1. The molecule has 0 N–H and O–H groups in total. The summed E-state index contributed by atoms with van der Waals surface area (Å²) in [5.41, 5.74) is 12.4. The molecule has 4 aromatic rings. The Morgan fingerprint density at radius 1 is 0.656 bits per heavy atom. The molecule has 0 spiro atoms. The van der Waals surface area contributed by atoms with E-state index in [0.717, 1.165) is 0 Å². The van der Waals surface area contributed by atoms with Crippen molar-refractivity contribution >= 4 is 10.8 Å².